The van der Waals surface area contributed by atoms with E-state index in [4.69, 9.17) is 5.11 Å². The van der Waals surface area contributed by atoms with Gasteiger partial charge in [0.15, 0.2) is 5.96 Å². The van der Waals surface area contributed by atoms with Crippen molar-refractivity contribution in [2.75, 3.05) is 19.7 Å². The second kappa shape index (κ2) is 10.8. The predicted molar refractivity (Wildman–Crippen MR) is 87.7 cm³/mol. The Balaban J connectivity index is 0.00000289. The molecule has 108 valence electrons. The Labute approximate surface area is 128 Å². The fraction of sp³-hybridized carbons (Fsp3) is 0.923. The predicted octanol–water partition coefficient (Wildman–Crippen LogP) is 2.12. The van der Waals surface area contributed by atoms with Crippen molar-refractivity contribution in [3.8, 4) is 0 Å². The van der Waals surface area contributed by atoms with Crippen LogP contribution in [0.5, 0.6) is 0 Å². The summed E-state index contributed by atoms with van der Waals surface area (Å²) in [5, 5.41) is 15.7. The van der Waals surface area contributed by atoms with Crippen molar-refractivity contribution in [3.63, 3.8) is 0 Å². The first kappa shape index (κ1) is 18.0. The molecule has 0 heterocycles. The molecule has 1 rings (SSSR count). The number of nitrogens with zero attached hydrogens (tertiary/aromatic N) is 1. The molecule has 0 bridgehead atoms. The van der Waals surface area contributed by atoms with Gasteiger partial charge >= 0.3 is 0 Å². The highest BCUT2D eigenvalue weighted by atomic mass is 127. The van der Waals surface area contributed by atoms with Crippen molar-refractivity contribution < 1.29 is 5.11 Å². The van der Waals surface area contributed by atoms with Gasteiger partial charge in [0.2, 0.25) is 0 Å². The molecule has 1 unspecified atom stereocenters. The molecule has 1 fully saturated rings. The Kier molecular flexibility index (Phi) is 10.8. The standard InChI is InChI=1S/C13H27N3O.HI/c1-3-5-11(8-9-17)10-15-13(14-4-2)16-12-6-7-12;/h11-12,17H,3-10H2,1-2H3,(H2,14,15,16);1H. The number of aliphatic hydroxyl groups excluding tert-OH is 1. The highest BCUT2D eigenvalue weighted by molar-refractivity contribution is 14.0. The molecule has 0 radical (unpaired) electrons. The Morgan fingerprint density at radius 2 is 2.06 bits per heavy atom. The van der Waals surface area contributed by atoms with Crippen LogP contribution in [0.15, 0.2) is 4.99 Å². The first-order chi connectivity index (χ1) is 8.30. The second-order valence-electron chi connectivity index (χ2n) is 4.81. The van der Waals surface area contributed by atoms with Crippen molar-refractivity contribution in [1.29, 1.82) is 0 Å². The minimum Gasteiger partial charge on any atom is -0.396 e. The molecule has 0 saturated heterocycles. The molecule has 0 amide bonds. The summed E-state index contributed by atoms with van der Waals surface area (Å²) in [6.45, 7) is 6.25. The fourth-order valence-electron chi connectivity index (χ4n) is 1.88. The van der Waals surface area contributed by atoms with Crippen LogP contribution in [0.3, 0.4) is 0 Å². The van der Waals surface area contributed by atoms with E-state index in [2.05, 4.69) is 29.5 Å². The summed E-state index contributed by atoms with van der Waals surface area (Å²) in [7, 11) is 0. The number of halogens is 1. The molecule has 0 aromatic rings. The lowest BCUT2D eigenvalue weighted by Gasteiger charge is -2.15. The van der Waals surface area contributed by atoms with E-state index in [0.29, 0.717) is 12.0 Å². The summed E-state index contributed by atoms with van der Waals surface area (Å²) in [6, 6.07) is 0.635. The molecule has 5 heteroatoms. The third-order valence-corrected chi connectivity index (χ3v) is 3.00. The summed E-state index contributed by atoms with van der Waals surface area (Å²) in [5.41, 5.74) is 0. The number of hydrogen-bond donors (Lipinski definition) is 3. The van der Waals surface area contributed by atoms with E-state index in [9.17, 15) is 0 Å². The zero-order chi connectivity index (χ0) is 12.5. The van der Waals surface area contributed by atoms with Crippen LogP contribution in [0.25, 0.3) is 0 Å². The van der Waals surface area contributed by atoms with Crippen LogP contribution in [0.2, 0.25) is 0 Å². The van der Waals surface area contributed by atoms with Gasteiger partial charge in [0.25, 0.3) is 0 Å². The van der Waals surface area contributed by atoms with E-state index < -0.39 is 0 Å². The fourth-order valence-corrected chi connectivity index (χ4v) is 1.88. The van der Waals surface area contributed by atoms with Gasteiger partial charge in [-0.25, -0.2) is 0 Å². The van der Waals surface area contributed by atoms with E-state index in [0.717, 1.165) is 38.3 Å². The van der Waals surface area contributed by atoms with Crippen LogP contribution in [-0.4, -0.2) is 36.8 Å². The number of rotatable bonds is 8. The van der Waals surface area contributed by atoms with Crippen molar-refractivity contribution in [2.24, 2.45) is 10.9 Å². The lowest BCUT2D eigenvalue weighted by Crippen LogP contribution is -2.38. The molecule has 1 aliphatic rings. The van der Waals surface area contributed by atoms with Crippen LogP contribution in [0.1, 0.15) is 46.0 Å². The molecule has 3 N–H and O–H groups in total. The Morgan fingerprint density at radius 3 is 2.56 bits per heavy atom. The minimum absolute atomic E-state index is 0. The molecule has 4 nitrogen and oxygen atoms in total. The average molecular weight is 369 g/mol. The summed E-state index contributed by atoms with van der Waals surface area (Å²) >= 11 is 0. The number of hydrogen-bond acceptors (Lipinski definition) is 2. The molecule has 1 saturated carbocycles. The smallest absolute Gasteiger partial charge is 0.191 e. The number of nitrogens with one attached hydrogen (secondary N) is 2. The van der Waals surface area contributed by atoms with Crippen molar-refractivity contribution in [1.82, 2.24) is 10.6 Å². The van der Waals surface area contributed by atoms with Crippen LogP contribution in [0.4, 0.5) is 0 Å². The molecule has 0 aromatic carbocycles. The van der Waals surface area contributed by atoms with Crippen LogP contribution in [0, 0.1) is 5.92 Å². The molecular formula is C13H28IN3O. The Morgan fingerprint density at radius 1 is 1.33 bits per heavy atom. The van der Waals surface area contributed by atoms with Crippen LogP contribution in [-0.2, 0) is 0 Å². The van der Waals surface area contributed by atoms with Gasteiger partial charge in [0.1, 0.15) is 0 Å². The normalized spacial score (nSPS) is 16.9. The first-order valence-electron chi connectivity index (χ1n) is 6.95. The second-order valence-corrected chi connectivity index (χ2v) is 4.81. The van der Waals surface area contributed by atoms with Gasteiger partial charge in [0, 0.05) is 25.7 Å². The van der Waals surface area contributed by atoms with Crippen molar-refractivity contribution in [3.05, 3.63) is 0 Å². The van der Waals surface area contributed by atoms with E-state index in [-0.39, 0.29) is 30.6 Å². The summed E-state index contributed by atoms with van der Waals surface area (Å²) in [5.74, 6) is 1.45. The van der Waals surface area contributed by atoms with Gasteiger partial charge < -0.3 is 15.7 Å². The van der Waals surface area contributed by atoms with Gasteiger partial charge in [0.05, 0.1) is 0 Å². The van der Waals surface area contributed by atoms with Gasteiger partial charge in [-0.05, 0) is 38.5 Å². The third-order valence-electron chi connectivity index (χ3n) is 3.00. The molecule has 18 heavy (non-hydrogen) atoms. The molecule has 1 aliphatic carbocycles. The summed E-state index contributed by atoms with van der Waals surface area (Å²) in [6.07, 6.45) is 5.69. The van der Waals surface area contributed by atoms with E-state index >= 15 is 0 Å². The molecule has 1 atom stereocenters. The maximum Gasteiger partial charge on any atom is 0.191 e. The zero-order valence-electron chi connectivity index (χ0n) is 11.6. The monoisotopic (exact) mass is 369 g/mol. The van der Waals surface area contributed by atoms with E-state index in [1.54, 1.807) is 0 Å². The Bertz CT molecular complexity index is 226. The maximum absolute atomic E-state index is 9.01. The largest absolute Gasteiger partial charge is 0.396 e. The highest BCUT2D eigenvalue weighted by Gasteiger charge is 2.22. The highest BCUT2D eigenvalue weighted by Crippen LogP contribution is 2.18. The molecule has 0 aliphatic heterocycles. The van der Waals surface area contributed by atoms with Crippen LogP contribution < -0.4 is 10.6 Å². The average Bonchev–Trinajstić information content (AvgIpc) is 3.10. The van der Waals surface area contributed by atoms with Gasteiger partial charge in [-0.3, -0.25) is 4.99 Å². The number of aliphatic imine (C=N–C) groups is 1. The maximum atomic E-state index is 9.01. The molecule has 0 aromatic heterocycles. The first-order valence-corrected chi connectivity index (χ1v) is 6.95. The third kappa shape index (κ3) is 8.13. The van der Waals surface area contributed by atoms with Gasteiger partial charge in [-0.1, -0.05) is 13.3 Å². The number of aliphatic hydroxyl groups is 1. The molecule has 0 spiro atoms. The zero-order valence-corrected chi connectivity index (χ0v) is 13.9. The lowest BCUT2D eigenvalue weighted by atomic mass is 10.0. The van der Waals surface area contributed by atoms with Crippen LogP contribution >= 0.6 is 24.0 Å². The van der Waals surface area contributed by atoms with Crippen molar-refractivity contribution in [2.45, 2.75) is 52.0 Å². The topological polar surface area (TPSA) is 56.7 Å². The van der Waals surface area contributed by atoms with Gasteiger partial charge in [-0.2, -0.15) is 0 Å². The van der Waals surface area contributed by atoms with Gasteiger partial charge in [-0.15, -0.1) is 24.0 Å². The van der Waals surface area contributed by atoms with Crippen molar-refractivity contribution >= 4 is 29.9 Å². The molecular weight excluding hydrogens is 341 g/mol. The quantitative estimate of drug-likeness (QED) is 0.349. The minimum atomic E-state index is 0. The summed E-state index contributed by atoms with van der Waals surface area (Å²) in [4.78, 5) is 4.61. The lowest BCUT2D eigenvalue weighted by molar-refractivity contribution is 0.253. The van der Waals surface area contributed by atoms with E-state index in [1.165, 1.54) is 12.8 Å². The summed E-state index contributed by atoms with van der Waals surface area (Å²) < 4.78 is 0. The SMILES string of the molecule is CCCC(CCO)CN=C(NCC)NC1CC1.I. The Hall–Kier alpha value is -0.0400. The number of guanidine groups is 1. The van der Waals surface area contributed by atoms with E-state index in [1.807, 2.05) is 0 Å².